The quantitative estimate of drug-likeness (QED) is 0.886. The number of ether oxygens (including phenoxy) is 2. The second-order valence-corrected chi connectivity index (χ2v) is 6.88. The van der Waals surface area contributed by atoms with Crippen LogP contribution in [0.3, 0.4) is 0 Å². The minimum absolute atomic E-state index is 0.0374. The van der Waals surface area contributed by atoms with E-state index in [0.29, 0.717) is 18.2 Å². The molecule has 0 aromatic heterocycles. The Labute approximate surface area is 150 Å². The molecule has 1 atom stereocenters. The molecule has 1 N–H and O–H groups in total. The molecule has 0 saturated carbocycles. The number of nitrogens with zero attached hydrogens (tertiary/aromatic N) is 2. The molecular weight excluding hydrogens is 318 g/mol. The topological polar surface area (TPSA) is 54.0 Å². The van der Waals surface area contributed by atoms with Crippen molar-refractivity contribution in [3.05, 3.63) is 23.3 Å². The molecule has 0 radical (unpaired) electrons. The minimum atomic E-state index is 0.0374. The molecule has 1 fully saturated rings. The third-order valence-electron chi connectivity index (χ3n) is 5.36. The van der Waals surface area contributed by atoms with Crippen molar-refractivity contribution in [1.29, 1.82) is 0 Å². The fourth-order valence-electron chi connectivity index (χ4n) is 3.77. The van der Waals surface area contributed by atoms with Crippen LogP contribution in [0.25, 0.3) is 0 Å². The highest BCUT2D eigenvalue weighted by atomic mass is 16.5. The largest absolute Gasteiger partial charge is 0.493 e. The molecule has 1 aromatic rings. The normalized spacial score (nSPS) is 20.3. The minimum Gasteiger partial charge on any atom is -0.493 e. The van der Waals surface area contributed by atoms with Crippen LogP contribution in [0, 0.1) is 5.92 Å². The number of urea groups is 1. The summed E-state index contributed by atoms with van der Waals surface area (Å²) in [7, 11) is 3.29. The van der Waals surface area contributed by atoms with Crippen molar-refractivity contribution in [2.45, 2.75) is 26.3 Å². The number of carbonyl (C=O) groups excluding carboxylic acids is 1. The monoisotopic (exact) mass is 347 g/mol. The lowest BCUT2D eigenvalue weighted by molar-refractivity contribution is 0.190. The summed E-state index contributed by atoms with van der Waals surface area (Å²) < 4.78 is 10.8. The highest BCUT2D eigenvalue weighted by Crippen LogP contribution is 2.33. The first kappa shape index (κ1) is 17.9. The van der Waals surface area contributed by atoms with E-state index in [-0.39, 0.29) is 6.03 Å². The Morgan fingerprint density at radius 2 is 1.92 bits per heavy atom. The van der Waals surface area contributed by atoms with E-state index in [0.717, 1.165) is 50.5 Å². The Bertz CT molecular complexity index is 620. The number of benzene rings is 1. The molecule has 138 valence electrons. The number of hydrogen-bond acceptors (Lipinski definition) is 4. The third-order valence-corrected chi connectivity index (χ3v) is 5.36. The van der Waals surface area contributed by atoms with Crippen molar-refractivity contribution < 1.29 is 14.3 Å². The maximum absolute atomic E-state index is 12.5. The first-order chi connectivity index (χ1) is 12.1. The number of methoxy groups -OCH3 is 2. The van der Waals surface area contributed by atoms with Gasteiger partial charge in [0, 0.05) is 26.2 Å². The van der Waals surface area contributed by atoms with E-state index in [2.05, 4.69) is 17.1 Å². The first-order valence-corrected chi connectivity index (χ1v) is 9.13. The summed E-state index contributed by atoms with van der Waals surface area (Å²) in [4.78, 5) is 16.9. The van der Waals surface area contributed by atoms with Gasteiger partial charge in [-0.05, 0) is 55.1 Å². The molecule has 2 amide bonds. The molecule has 2 aliphatic rings. The Morgan fingerprint density at radius 1 is 1.20 bits per heavy atom. The molecule has 6 nitrogen and oxygen atoms in total. The predicted octanol–water partition coefficient (Wildman–Crippen LogP) is 2.11. The highest BCUT2D eigenvalue weighted by molar-refractivity contribution is 5.74. The van der Waals surface area contributed by atoms with Crippen LogP contribution in [0.15, 0.2) is 12.1 Å². The van der Waals surface area contributed by atoms with Gasteiger partial charge in [-0.25, -0.2) is 4.79 Å². The lowest BCUT2D eigenvalue weighted by atomic mass is 9.99. The summed E-state index contributed by atoms with van der Waals surface area (Å²) in [6, 6.07) is 4.06. The summed E-state index contributed by atoms with van der Waals surface area (Å²) in [6.45, 7) is 7.65. The molecule has 6 heteroatoms. The summed E-state index contributed by atoms with van der Waals surface area (Å²) in [5, 5.41) is 3.13. The zero-order valence-electron chi connectivity index (χ0n) is 15.5. The van der Waals surface area contributed by atoms with Crippen molar-refractivity contribution in [3.8, 4) is 11.5 Å². The molecule has 2 aliphatic heterocycles. The van der Waals surface area contributed by atoms with Crippen LogP contribution >= 0.6 is 0 Å². The number of nitrogens with one attached hydrogen (secondary N) is 1. The third kappa shape index (κ3) is 4.00. The molecule has 0 aliphatic carbocycles. The van der Waals surface area contributed by atoms with Gasteiger partial charge in [0.25, 0.3) is 0 Å². The van der Waals surface area contributed by atoms with Crippen molar-refractivity contribution in [3.63, 3.8) is 0 Å². The number of fused-ring (bicyclic) bond motifs is 1. The van der Waals surface area contributed by atoms with Crippen molar-refractivity contribution in [1.82, 2.24) is 15.1 Å². The van der Waals surface area contributed by atoms with E-state index in [1.807, 2.05) is 17.0 Å². The van der Waals surface area contributed by atoms with E-state index in [4.69, 9.17) is 9.47 Å². The average molecular weight is 347 g/mol. The van der Waals surface area contributed by atoms with E-state index in [1.54, 1.807) is 14.2 Å². The van der Waals surface area contributed by atoms with Crippen LogP contribution in [0.4, 0.5) is 4.79 Å². The number of carbonyl (C=O) groups is 1. The Hall–Kier alpha value is -1.95. The fourth-order valence-corrected chi connectivity index (χ4v) is 3.77. The van der Waals surface area contributed by atoms with Gasteiger partial charge >= 0.3 is 6.03 Å². The van der Waals surface area contributed by atoms with Crippen LogP contribution < -0.4 is 14.8 Å². The molecule has 1 aromatic carbocycles. The standard InChI is InChI=1S/C19H29N3O3/c1-4-21-7-5-14(12-21)11-20-19(23)22-8-6-15-9-17(24-2)18(25-3)10-16(15)13-22/h9-10,14H,4-8,11-13H2,1-3H3,(H,20,23). The van der Waals surface area contributed by atoms with Crippen LogP contribution in [0.2, 0.25) is 0 Å². The predicted molar refractivity (Wildman–Crippen MR) is 97.3 cm³/mol. The number of hydrogen-bond donors (Lipinski definition) is 1. The van der Waals surface area contributed by atoms with Gasteiger partial charge in [0.2, 0.25) is 0 Å². The van der Waals surface area contributed by atoms with Crippen molar-refractivity contribution in [2.24, 2.45) is 5.92 Å². The van der Waals surface area contributed by atoms with Gasteiger partial charge in [-0.15, -0.1) is 0 Å². The van der Waals surface area contributed by atoms with Gasteiger partial charge in [-0.2, -0.15) is 0 Å². The smallest absolute Gasteiger partial charge is 0.317 e. The molecule has 1 unspecified atom stereocenters. The lowest BCUT2D eigenvalue weighted by Crippen LogP contribution is -2.44. The number of amides is 2. The van der Waals surface area contributed by atoms with Gasteiger partial charge in [0.05, 0.1) is 14.2 Å². The molecule has 0 spiro atoms. The number of rotatable bonds is 5. The Balaban J connectivity index is 1.57. The van der Waals surface area contributed by atoms with Crippen molar-refractivity contribution >= 4 is 6.03 Å². The van der Waals surface area contributed by atoms with Crippen LogP contribution in [-0.4, -0.2) is 62.8 Å². The summed E-state index contributed by atoms with van der Waals surface area (Å²) in [6.07, 6.45) is 2.02. The van der Waals surface area contributed by atoms with Gasteiger partial charge in [0.1, 0.15) is 0 Å². The van der Waals surface area contributed by atoms with E-state index in [1.165, 1.54) is 12.0 Å². The second-order valence-electron chi connectivity index (χ2n) is 6.88. The molecule has 0 bridgehead atoms. The summed E-state index contributed by atoms with van der Waals surface area (Å²) >= 11 is 0. The summed E-state index contributed by atoms with van der Waals surface area (Å²) in [5.74, 6) is 2.04. The molecule has 25 heavy (non-hydrogen) atoms. The van der Waals surface area contributed by atoms with Gasteiger partial charge in [-0.3, -0.25) is 0 Å². The molecular formula is C19H29N3O3. The highest BCUT2D eigenvalue weighted by Gasteiger charge is 2.25. The zero-order chi connectivity index (χ0) is 17.8. The molecule has 2 heterocycles. The average Bonchev–Trinajstić information content (AvgIpc) is 3.12. The summed E-state index contributed by atoms with van der Waals surface area (Å²) in [5.41, 5.74) is 2.37. The van der Waals surface area contributed by atoms with Gasteiger partial charge in [-0.1, -0.05) is 6.92 Å². The molecule has 1 saturated heterocycles. The maximum Gasteiger partial charge on any atom is 0.317 e. The Morgan fingerprint density at radius 3 is 2.56 bits per heavy atom. The van der Waals surface area contributed by atoms with E-state index < -0.39 is 0 Å². The van der Waals surface area contributed by atoms with Crippen LogP contribution in [0.1, 0.15) is 24.5 Å². The second kappa shape index (κ2) is 7.95. The van der Waals surface area contributed by atoms with E-state index in [9.17, 15) is 4.79 Å². The van der Waals surface area contributed by atoms with Gasteiger partial charge < -0.3 is 24.6 Å². The zero-order valence-corrected chi connectivity index (χ0v) is 15.5. The lowest BCUT2D eigenvalue weighted by Gasteiger charge is -2.30. The van der Waals surface area contributed by atoms with E-state index >= 15 is 0 Å². The van der Waals surface area contributed by atoms with Crippen molar-refractivity contribution in [2.75, 3.05) is 46.9 Å². The maximum atomic E-state index is 12.5. The van der Waals surface area contributed by atoms with Crippen LogP contribution in [-0.2, 0) is 13.0 Å². The first-order valence-electron chi connectivity index (χ1n) is 9.13. The Kier molecular flexibility index (Phi) is 5.68. The van der Waals surface area contributed by atoms with Gasteiger partial charge in [0.15, 0.2) is 11.5 Å². The van der Waals surface area contributed by atoms with Crippen LogP contribution in [0.5, 0.6) is 11.5 Å². The fraction of sp³-hybridized carbons (Fsp3) is 0.632. The SMILES string of the molecule is CCN1CCC(CNC(=O)N2CCc3cc(OC)c(OC)cc3C2)C1. The molecule has 3 rings (SSSR count). The number of likely N-dealkylation sites (tertiary alicyclic amines) is 1.